The van der Waals surface area contributed by atoms with Gasteiger partial charge in [-0.3, -0.25) is 9.59 Å². The molecule has 8 nitrogen and oxygen atoms in total. The van der Waals surface area contributed by atoms with Crippen LogP contribution in [-0.2, 0) is 19.6 Å². The number of carboxylic acids is 1. The van der Waals surface area contributed by atoms with Crippen molar-refractivity contribution in [2.24, 2.45) is 5.92 Å². The van der Waals surface area contributed by atoms with Crippen molar-refractivity contribution in [2.75, 3.05) is 32.8 Å². The Hall–Kier alpha value is -1.97. The number of nitrogens with zero attached hydrogens (tertiary/aromatic N) is 1. The summed E-state index contributed by atoms with van der Waals surface area (Å²) >= 11 is 0. The van der Waals surface area contributed by atoms with Gasteiger partial charge in [0.25, 0.3) is 5.91 Å². The molecule has 1 aliphatic heterocycles. The molecule has 0 radical (unpaired) electrons. The zero-order chi connectivity index (χ0) is 19.2. The molecule has 9 heteroatoms. The smallest absolute Gasteiger partial charge is 0.308 e. The van der Waals surface area contributed by atoms with E-state index in [-0.39, 0.29) is 30.1 Å². The molecule has 144 valence electrons. The molecule has 1 aromatic rings. The molecule has 1 heterocycles. The van der Waals surface area contributed by atoms with E-state index in [1.807, 2.05) is 6.92 Å². The first-order valence-corrected chi connectivity index (χ1v) is 9.99. The predicted octanol–water partition coefficient (Wildman–Crippen LogP) is 0.938. The molecule has 2 N–H and O–H groups in total. The predicted molar refractivity (Wildman–Crippen MR) is 94.4 cm³/mol. The normalized spacial score (nSPS) is 16.8. The maximum atomic E-state index is 12.9. The number of aliphatic carboxylic acids is 1. The van der Waals surface area contributed by atoms with Crippen LogP contribution >= 0.6 is 0 Å². The van der Waals surface area contributed by atoms with Gasteiger partial charge in [0.1, 0.15) is 0 Å². The standard InChI is InChI=1S/C17H24N2O6S/c1-2-5-13(17(21)22)12-18-16(20)14-6-3-4-7-15(14)26(23,24)19-8-10-25-11-9-19/h3-4,6-7,13H,2,5,8-12H2,1H3,(H,18,20)(H,21,22). The van der Waals surface area contributed by atoms with Crippen molar-refractivity contribution in [1.82, 2.24) is 9.62 Å². The van der Waals surface area contributed by atoms with Crippen LogP contribution in [0.25, 0.3) is 0 Å². The van der Waals surface area contributed by atoms with Gasteiger partial charge in [-0.15, -0.1) is 0 Å². The number of hydrogen-bond acceptors (Lipinski definition) is 5. The molecule has 0 spiro atoms. The number of rotatable bonds is 8. The minimum absolute atomic E-state index is 0.0135. The highest BCUT2D eigenvalue weighted by Gasteiger charge is 2.30. The number of benzene rings is 1. The lowest BCUT2D eigenvalue weighted by Gasteiger charge is -2.26. The summed E-state index contributed by atoms with van der Waals surface area (Å²) in [7, 11) is -3.83. The van der Waals surface area contributed by atoms with Crippen LogP contribution in [0.4, 0.5) is 0 Å². The SMILES string of the molecule is CCCC(CNC(=O)c1ccccc1S(=O)(=O)N1CCOCC1)C(=O)O. The summed E-state index contributed by atoms with van der Waals surface area (Å²) in [6.07, 6.45) is 1.11. The summed E-state index contributed by atoms with van der Waals surface area (Å²) in [6.45, 7) is 2.90. The Labute approximate surface area is 153 Å². The molecule has 0 aromatic heterocycles. The van der Waals surface area contributed by atoms with Crippen molar-refractivity contribution in [2.45, 2.75) is 24.7 Å². The minimum atomic E-state index is -3.83. The molecule has 0 saturated carbocycles. The van der Waals surface area contributed by atoms with Gasteiger partial charge in [0.15, 0.2) is 0 Å². The van der Waals surface area contributed by atoms with Crippen molar-refractivity contribution in [3.8, 4) is 0 Å². The van der Waals surface area contributed by atoms with Gasteiger partial charge < -0.3 is 15.2 Å². The zero-order valence-electron chi connectivity index (χ0n) is 14.7. The summed E-state index contributed by atoms with van der Waals surface area (Å²) < 4.78 is 32.2. The van der Waals surface area contributed by atoms with Gasteiger partial charge in [-0.25, -0.2) is 8.42 Å². The molecule has 1 fully saturated rings. The highest BCUT2D eigenvalue weighted by Crippen LogP contribution is 2.21. The Balaban J connectivity index is 2.19. The van der Waals surface area contributed by atoms with E-state index in [2.05, 4.69) is 5.32 Å². The average Bonchev–Trinajstić information content (AvgIpc) is 2.65. The van der Waals surface area contributed by atoms with Gasteiger partial charge in [-0.1, -0.05) is 25.5 Å². The fraction of sp³-hybridized carbons (Fsp3) is 0.529. The molecule has 2 rings (SSSR count). The number of hydrogen-bond donors (Lipinski definition) is 2. The fourth-order valence-corrected chi connectivity index (χ4v) is 4.37. The van der Waals surface area contributed by atoms with Crippen LogP contribution in [0.1, 0.15) is 30.1 Å². The molecule has 1 unspecified atom stereocenters. The number of morpholine rings is 1. The molecule has 0 aliphatic carbocycles. The maximum Gasteiger partial charge on any atom is 0.308 e. The van der Waals surface area contributed by atoms with E-state index in [1.54, 1.807) is 12.1 Å². The van der Waals surface area contributed by atoms with Crippen LogP contribution in [0.15, 0.2) is 29.2 Å². The third kappa shape index (κ3) is 4.80. The quantitative estimate of drug-likeness (QED) is 0.690. The highest BCUT2D eigenvalue weighted by atomic mass is 32.2. The Morgan fingerprint density at radius 1 is 1.27 bits per heavy atom. The number of carboxylic acid groups (broad SMARTS) is 1. The highest BCUT2D eigenvalue weighted by molar-refractivity contribution is 7.89. The van der Waals surface area contributed by atoms with Crippen molar-refractivity contribution >= 4 is 21.9 Å². The number of carbonyl (C=O) groups excluding carboxylic acids is 1. The van der Waals surface area contributed by atoms with E-state index in [4.69, 9.17) is 4.74 Å². The summed E-state index contributed by atoms with van der Waals surface area (Å²) in [4.78, 5) is 23.6. The lowest BCUT2D eigenvalue weighted by atomic mass is 10.0. The largest absolute Gasteiger partial charge is 0.481 e. The number of sulfonamides is 1. The average molecular weight is 384 g/mol. The van der Waals surface area contributed by atoms with Gasteiger partial charge in [0.05, 0.1) is 29.6 Å². The van der Waals surface area contributed by atoms with Crippen molar-refractivity contribution in [3.05, 3.63) is 29.8 Å². The van der Waals surface area contributed by atoms with E-state index in [0.717, 1.165) is 0 Å². The second kappa shape index (κ2) is 9.11. The van der Waals surface area contributed by atoms with Crippen LogP contribution in [0.2, 0.25) is 0 Å². The van der Waals surface area contributed by atoms with Crippen molar-refractivity contribution in [1.29, 1.82) is 0 Å². The molecule has 1 saturated heterocycles. The van der Waals surface area contributed by atoms with Crippen LogP contribution in [0.5, 0.6) is 0 Å². The van der Waals surface area contributed by atoms with Gasteiger partial charge in [0.2, 0.25) is 10.0 Å². The maximum absolute atomic E-state index is 12.9. The molecule has 1 amide bonds. The first-order chi connectivity index (χ1) is 12.4. The van der Waals surface area contributed by atoms with Crippen LogP contribution in [-0.4, -0.2) is 62.6 Å². The van der Waals surface area contributed by atoms with Crippen molar-refractivity contribution in [3.63, 3.8) is 0 Å². The first-order valence-electron chi connectivity index (χ1n) is 8.55. The Bertz CT molecular complexity index is 743. The Kier molecular flexibility index (Phi) is 7.13. The van der Waals surface area contributed by atoms with Gasteiger partial charge in [0, 0.05) is 19.6 Å². The third-order valence-electron chi connectivity index (χ3n) is 4.21. The number of nitrogens with one attached hydrogen (secondary N) is 1. The summed E-state index contributed by atoms with van der Waals surface area (Å²) in [5.74, 6) is -2.28. The Morgan fingerprint density at radius 2 is 1.92 bits per heavy atom. The lowest BCUT2D eigenvalue weighted by molar-refractivity contribution is -0.141. The van der Waals surface area contributed by atoms with Crippen LogP contribution in [0.3, 0.4) is 0 Å². The number of amides is 1. The summed E-state index contributed by atoms with van der Waals surface area (Å²) in [5.41, 5.74) is 0.0135. The number of carbonyl (C=O) groups is 2. The molecule has 1 atom stereocenters. The van der Waals surface area contributed by atoms with Gasteiger partial charge in [-0.05, 0) is 18.6 Å². The van der Waals surface area contributed by atoms with E-state index in [0.29, 0.717) is 26.1 Å². The molecular weight excluding hydrogens is 360 g/mol. The molecule has 1 aromatic carbocycles. The van der Waals surface area contributed by atoms with E-state index in [9.17, 15) is 23.1 Å². The first kappa shape index (κ1) is 20.3. The van der Waals surface area contributed by atoms with Gasteiger partial charge >= 0.3 is 5.97 Å². The second-order valence-corrected chi connectivity index (χ2v) is 7.95. The third-order valence-corrected chi connectivity index (χ3v) is 6.17. The van der Waals surface area contributed by atoms with Crippen LogP contribution in [0, 0.1) is 5.92 Å². The summed E-state index contributed by atoms with van der Waals surface area (Å²) in [5, 5.41) is 11.7. The van der Waals surface area contributed by atoms with E-state index >= 15 is 0 Å². The monoisotopic (exact) mass is 384 g/mol. The zero-order valence-corrected chi connectivity index (χ0v) is 15.5. The fourth-order valence-electron chi connectivity index (χ4n) is 2.78. The Morgan fingerprint density at radius 3 is 2.54 bits per heavy atom. The topological polar surface area (TPSA) is 113 Å². The van der Waals surface area contributed by atoms with Crippen LogP contribution < -0.4 is 5.32 Å². The van der Waals surface area contributed by atoms with E-state index in [1.165, 1.54) is 16.4 Å². The minimum Gasteiger partial charge on any atom is -0.481 e. The number of ether oxygens (including phenoxy) is 1. The van der Waals surface area contributed by atoms with Crippen molar-refractivity contribution < 1.29 is 27.9 Å². The molecular formula is C17H24N2O6S. The van der Waals surface area contributed by atoms with E-state index < -0.39 is 27.8 Å². The second-order valence-electron chi connectivity index (χ2n) is 6.05. The molecule has 1 aliphatic rings. The molecule has 26 heavy (non-hydrogen) atoms. The summed E-state index contributed by atoms with van der Waals surface area (Å²) in [6, 6.07) is 5.95. The van der Waals surface area contributed by atoms with Gasteiger partial charge in [-0.2, -0.15) is 4.31 Å². The molecule has 0 bridgehead atoms. The lowest BCUT2D eigenvalue weighted by Crippen LogP contribution is -2.41.